The molecular weight excluding hydrogens is 527 g/mol. The van der Waals surface area contributed by atoms with Gasteiger partial charge in [-0.2, -0.15) is 13.2 Å². The summed E-state index contributed by atoms with van der Waals surface area (Å²) in [5.41, 5.74) is 2.69. The Morgan fingerprint density at radius 2 is 1.75 bits per heavy atom. The molecule has 2 amide bonds. The van der Waals surface area contributed by atoms with Crippen molar-refractivity contribution >= 4 is 12.0 Å². The number of methoxy groups -OCH3 is 2. The first-order valence-corrected chi connectivity index (χ1v) is 13.3. The fourth-order valence-corrected chi connectivity index (χ4v) is 5.69. The lowest BCUT2D eigenvalue weighted by Gasteiger charge is -2.45. The number of nitrogens with one attached hydrogen (secondary N) is 1. The van der Waals surface area contributed by atoms with Gasteiger partial charge in [0.15, 0.2) is 11.5 Å². The van der Waals surface area contributed by atoms with Crippen LogP contribution in [0.5, 0.6) is 11.5 Å². The van der Waals surface area contributed by atoms with E-state index in [0.717, 1.165) is 50.3 Å². The summed E-state index contributed by atoms with van der Waals surface area (Å²) in [6.45, 7) is 4.68. The van der Waals surface area contributed by atoms with Crippen LogP contribution in [-0.4, -0.2) is 79.5 Å². The molecule has 1 aliphatic heterocycles. The van der Waals surface area contributed by atoms with Gasteiger partial charge in [0.1, 0.15) is 0 Å². The Bertz CT molecular complexity index is 1150. The minimum atomic E-state index is -5.08. The highest BCUT2D eigenvalue weighted by Gasteiger charge is 2.51. The van der Waals surface area contributed by atoms with Gasteiger partial charge >= 0.3 is 18.2 Å². The lowest BCUT2D eigenvalue weighted by atomic mass is 9.65. The Kier molecular flexibility index (Phi) is 10.3. The van der Waals surface area contributed by atoms with Gasteiger partial charge in [-0.1, -0.05) is 36.4 Å². The first-order valence-electron chi connectivity index (χ1n) is 13.3. The van der Waals surface area contributed by atoms with E-state index in [1.165, 1.54) is 11.1 Å². The molecule has 40 heavy (non-hydrogen) atoms. The number of carbonyl (C=O) groups is 2. The lowest BCUT2D eigenvalue weighted by Crippen LogP contribution is -2.53. The van der Waals surface area contributed by atoms with E-state index in [0.29, 0.717) is 12.6 Å². The van der Waals surface area contributed by atoms with Crippen LogP contribution in [0.4, 0.5) is 18.0 Å². The Labute approximate surface area is 233 Å². The molecule has 4 rings (SSSR count). The average molecular weight is 566 g/mol. The second-order valence-corrected chi connectivity index (χ2v) is 10.2. The van der Waals surface area contributed by atoms with Crippen LogP contribution in [0, 0.1) is 0 Å². The van der Waals surface area contributed by atoms with Crippen LogP contribution < -0.4 is 14.8 Å². The lowest BCUT2D eigenvalue weighted by molar-refractivity contribution is -0.192. The number of carboxylic acid groups (broad SMARTS) is 1. The van der Waals surface area contributed by atoms with Gasteiger partial charge in [0.05, 0.1) is 14.2 Å². The molecule has 0 unspecified atom stereocenters. The topological polar surface area (TPSA) is 91.3 Å². The Hall–Kier alpha value is -3.47. The molecular formula is C29H38F3N3O5. The van der Waals surface area contributed by atoms with Gasteiger partial charge in [0.2, 0.25) is 0 Å². The third-order valence-corrected chi connectivity index (χ3v) is 7.95. The Morgan fingerprint density at radius 3 is 2.33 bits per heavy atom. The van der Waals surface area contributed by atoms with Crippen molar-refractivity contribution in [3.8, 4) is 11.5 Å². The summed E-state index contributed by atoms with van der Waals surface area (Å²) in [5, 5.41) is 10.4. The molecule has 2 aromatic rings. The molecule has 2 aliphatic rings. The summed E-state index contributed by atoms with van der Waals surface area (Å²) in [7, 11) is 5.23. The number of fused-ring (bicyclic) bond motifs is 1. The highest BCUT2D eigenvalue weighted by molar-refractivity contribution is 5.74. The number of alkyl halides is 3. The maximum Gasteiger partial charge on any atom is 0.490 e. The van der Waals surface area contributed by atoms with Crippen LogP contribution >= 0.6 is 0 Å². The number of benzene rings is 2. The van der Waals surface area contributed by atoms with Gasteiger partial charge < -0.3 is 24.8 Å². The maximum absolute atomic E-state index is 12.6. The minimum absolute atomic E-state index is 0.0220. The highest BCUT2D eigenvalue weighted by Crippen LogP contribution is 2.50. The van der Waals surface area contributed by atoms with Crippen LogP contribution in [0.1, 0.15) is 43.7 Å². The average Bonchev–Trinajstić information content (AvgIpc) is 3.31. The number of rotatable bonds is 7. The zero-order valence-corrected chi connectivity index (χ0v) is 23.3. The summed E-state index contributed by atoms with van der Waals surface area (Å²) in [6.07, 6.45) is -1.01. The number of urea groups is 1. The number of carboxylic acids is 1. The summed E-state index contributed by atoms with van der Waals surface area (Å²) < 4.78 is 42.9. The van der Waals surface area contributed by atoms with Gasteiger partial charge in [-0.15, -0.1) is 0 Å². The van der Waals surface area contributed by atoms with E-state index in [9.17, 15) is 18.0 Å². The largest absolute Gasteiger partial charge is 0.493 e. The van der Waals surface area contributed by atoms with E-state index < -0.39 is 12.1 Å². The standard InChI is InChI=1S/C27H37N3O3.C2HF3O2/c1-5-29(2)26(31)28-22-13-14-27(21-11-12-23(32-3)24(17-21)33-4)15-16-30(25(27)18-22)19-20-9-7-6-8-10-20;3-2(4,5)1(6)7/h6-12,17,22,25H,5,13-16,18-19H2,1-4H3,(H,28,31);(H,6,7)/t22-,25+,27+;/m1./s1. The number of aliphatic carboxylic acids is 1. The molecule has 8 nitrogen and oxygen atoms in total. The number of hydrogen-bond donors (Lipinski definition) is 2. The number of nitrogens with zero attached hydrogens (tertiary/aromatic N) is 2. The molecule has 1 heterocycles. The van der Waals surface area contributed by atoms with Gasteiger partial charge in [-0.3, -0.25) is 4.90 Å². The Balaban J connectivity index is 0.000000559. The molecule has 2 aromatic carbocycles. The molecule has 1 aliphatic carbocycles. The first-order chi connectivity index (χ1) is 18.9. The first kappa shape index (κ1) is 31.1. The maximum atomic E-state index is 12.6. The van der Waals surface area contributed by atoms with Crippen molar-refractivity contribution in [3.05, 3.63) is 59.7 Å². The molecule has 220 valence electrons. The number of amides is 2. The fourth-order valence-electron chi connectivity index (χ4n) is 5.69. The molecule has 2 N–H and O–H groups in total. The normalized spacial score (nSPS) is 22.4. The van der Waals surface area contributed by atoms with Crippen molar-refractivity contribution in [2.45, 2.75) is 62.8 Å². The van der Waals surface area contributed by atoms with Gasteiger partial charge in [0, 0.05) is 37.6 Å². The predicted octanol–water partition coefficient (Wildman–Crippen LogP) is 5.06. The van der Waals surface area contributed by atoms with Crippen LogP contribution in [0.2, 0.25) is 0 Å². The zero-order chi connectivity index (χ0) is 29.5. The fraction of sp³-hybridized carbons (Fsp3) is 0.517. The zero-order valence-electron chi connectivity index (χ0n) is 23.3. The summed E-state index contributed by atoms with van der Waals surface area (Å²) in [5.74, 6) is -1.21. The van der Waals surface area contributed by atoms with Crippen LogP contribution in [0.15, 0.2) is 48.5 Å². The molecule has 0 radical (unpaired) electrons. The van der Waals surface area contributed by atoms with Gasteiger partial charge in [-0.05, 0) is 62.4 Å². The van der Waals surface area contributed by atoms with Crippen molar-refractivity contribution < 1.29 is 37.3 Å². The SMILES string of the molecule is CCN(C)C(=O)N[C@@H]1CC[C@@]2(c3ccc(OC)c(OC)c3)CCN(Cc3ccccc3)[C@H]2C1.O=C(O)C(F)(F)F. The van der Waals surface area contributed by atoms with Crippen molar-refractivity contribution in [3.63, 3.8) is 0 Å². The summed E-state index contributed by atoms with van der Waals surface area (Å²) >= 11 is 0. The quantitative estimate of drug-likeness (QED) is 0.488. The predicted molar refractivity (Wildman–Crippen MR) is 145 cm³/mol. The van der Waals surface area contributed by atoms with E-state index in [4.69, 9.17) is 19.4 Å². The van der Waals surface area contributed by atoms with Gasteiger partial charge in [-0.25, -0.2) is 9.59 Å². The third kappa shape index (κ3) is 7.18. The number of likely N-dealkylation sites (tertiary alicyclic amines) is 1. The number of carbonyl (C=O) groups excluding carboxylic acids is 1. The monoisotopic (exact) mass is 565 g/mol. The van der Waals surface area contributed by atoms with E-state index >= 15 is 0 Å². The van der Waals surface area contributed by atoms with E-state index in [-0.39, 0.29) is 17.5 Å². The molecule has 1 saturated heterocycles. The molecule has 0 spiro atoms. The second kappa shape index (κ2) is 13.3. The minimum Gasteiger partial charge on any atom is -0.493 e. The van der Waals surface area contributed by atoms with E-state index in [2.05, 4.69) is 52.7 Å². The van der Waals surface area contributed by atoms with Crippen molar-refractivity contribution in [1.29, 1.82) is 0 Å². The molecule has 3 atom stereocenters. The molecule has 0 bridgehead atoms. The van der Waals surface area contributed by atoms with Crippen molar-refractivity contribution in [2.75, 3.05) is 34.4 Å². The van der Waals surface area contributed by atoms with Crippen molar-refractivity contribution in [2.24, 2.45) is 0 Å². The number of ether oxygens (including phenoxy) is 2. The van der Waals surface area contributed by atoms with Crippen LogP contribution in [-0.2, 0) is 16.8 Å². The number of hydrogen-bond acceptors (Lipinski definition) is 5. The van der Waals surface area contributed by atoms with Crippen molar-refractivity contribution in [1.82, 2.24) is 15.1 Å². The smallest absolute Gasteiger partial charge is 0.490 e. The third-order valence-electron chi connectivity index (χ3n) is 7.95. The highest BCUT2D eigenvalue weighted by atomic mass is 19.4. The van der Waals surface area contributed by atoms with Crippen LogP contribution in [0.3, 0.4) is 0 Å². The van der Waals surface area contributed by atoms with E-state index in [1.807, 2.05) is 20.0 Å². The Morgan fingerprint density at radius 1 is 1.10 bits per heavy atom. The van der Waals surface area contributed by atoms with Crippen LogP contribution in [0.25, 0.3) is 0 Å². The van der Waals surface area contributed by atoms with E-state index in [1.54, 1.807) is 19.1 Å². The summed E-state index contributed by atoms with van der Waals surface area (Å²) in [6, 6.07) is 17.7. The molecule has 0 aromatic heterocycles. The summed E-state index contributed by atoms with van der Waals surface area (Å²) in [4.78, 5) is 25.8. The van der Waals surface area contributed by atoms with Gasteiger partial charge in [0.25, 0.3) is 0 Å². The molecule has 11 heteroatoms. The molecule has 2 fully saturated rings. The number of halogens is 3. The second-order valence-electron chi connectivity index (χ2n) is 10.2. The molecule has 1 saturated carbocycles.